The van der Waals surface area contributed by atoms with Gasteiger partial charge < -0.3 is 15.4 Å². The van der Waals surface area contributed by atoms with Crippen LogP contribution < -0.4 is 15.4 Å². The zero-order valence-electron chi connectivity index (χ0n) is 18.3. The molecule has 10 heteroatoms. The van der Waals surface area contributed by atoms with E-state index in [-0.39, 0.29) is 41.2 Å². The molecule has 8 nitrogen and oxygen atoms in total. The molecule has 0 radical (unpaired) electrons. The van der Waals surface area contributed by atoms with Gasteiger partial charge in [0.2, 0.25) is 21.8 Å². The van der Waals surface area contributed by atoms with E-state index in [1.165, 1.54) is 12.1 Å². The molecule has 1 aliphatic heterocycles. The number of ether oxygens (including phenoxy) is 1. The Morgan fingerprint density at radius 1 is 1.09 bits per heavy atom. The van der Waals surface area contributed by atoms with Crippen LogP contribution in [0.1, 0.15) is 45.4 Å². The number of amides is 2. The van der Waals surface area contributed by atoms with Gasteiger partial charge in [-0.25, -0.2) is 17.5 Å². The maximum atomic E-state index is 13.0. The van der Waals surface area contributed by atoms with Crippen molar-refractivity contribution in [2.75, 3.05) is 19.7 Å². The fourth-order valence-electron chi connectivity index (χ4n) is 4.12. The van der Waals surface area contributed by atoms with Crippen LogP contribution in [0.15, 0.2) is 29.2 Å². The number of sulfonamides is 1. The van der Waals surface area contributed by atoms with Crippen molar-refractivity contribution in [2.45, 2.75) is 62.5 Å². The van der Waals surface area contributed by atoms with Crippen molar-refractivity contribution >= 4 is 21.8 Å². The SMILES string of the molecule is C[C@H](NC(=O)C1CCC(CNS(=O)(=O)c2ccc(F)cc2)CC1)C(=O)NC[C@H]1CCCO1. The van der Waals surface area contributed by atoms with E-state index in [9.17, 15) is 22.4 Å². The molecule has 0 bridgehead atoms. The third-order valence-electron chi connectivity index (χ3n) is 6.18. The number of halogens is 1. The van der Waals surface area contributed by atoms with E-state index in [0.29, 0.717) is 32.2 Å². The minimum absolute atomic E-state index is 0.0266. The number of benzene rings is 1. The smallest absolute Gasteiger partial charge is 0.242 e. The highest BCUT2D eigenvalue weighted by molar-refractivity contribution is 7.89. The molecule has 3 rings (SSSR count). The number of hydrogen-bond acceptors (Lipinski definition) is 5. The molecule has 1 aromatic carbocycles. The highest BCUT2D eigenvalue weighted by atomic mass is 32.2. The Balaban J connectivity index is 1.37. The molecule has 2 fully saturated rings. The Hall–Kier alpha value is -2.04. The lowest BCUT2D eigenvalue weighted by molar-refractivity contribution is -0.131. The van der Waals surface area contributed by atoms with E-state index in [1.54, 1.807) is 6.92 Å². The van der Waals surface area contributed by atoms with Gasteiger partial charge in [0.1, 0.15) is 11.9 Å². The van der Waals surface area contributed by atoms with Crippen LogP contribution in [-0.4, -0.2) is 52.1 Å². The van der Waals surface area contributed by atoms with Crippen LogP contribution in [0.25, 0.3) is 0 Å². The molecular weight excluding hydrogens is 437 g/mol. The average Bonchev–Trinajstić information content (AvgIpc) is 3.30. The van der Waals surface area contributed by atoms with Gasteiger partial charge in [-0.2, -0.15) is 0 Å². The van der Waals surface area contributed by atoms with Crippen molar-refractivity contribution in [3.05, 3.63) is 30.1 Å². The molecule has 2 aliphatic rings. The van der Waals surface area contributed by atoms with Gasteiger partial charge in [0, 0.05) is 25.6 Å². The standard InChI is InChI=1S/C22H32FN3O5S/c1-15(21(27)24-14-19-3-2-12-31-19)26-22(28)17-6-4-16(5-7-17)13-25-32(29,30)20-10-8-18(23)9-11-20/h8-11,15-17,19,25H,2-7,12-14H2,1H3,(H,24,27)(H,26,28)/t15-,16?,17?,19+/m0/s1. The predicted molar refractivity (Wildman–Crippen MR) is 117 cm³/mol. The van der Waals surface area contributed by atoms with Crippen molar-refractivity contribution in [1.29, 1.82) is 0 Å². The van der Waals surface area contributed by atoms with Gasteiger partial charge in [-0.1, -0.05) is 0 Å². The van der Waals surface area contributed by atoms with Gasteiger partial charge in [-0.15, -0.1) is 0 Å². The Labute approximate surface area is 188 Å². The van der Waals surface area contributed by atoms with Crippen molar-refractivity contribution < 1.29 is 27.1 Å². The van der Waals surface area contributed by atoms with Crippen molar-refractivity contribution in [1.82, 2.24) is 15.4 Å². The summed E-state index contributed by atoms with van der Waals surface area (Å²) in [5.41, 5.74) is 0. The minimum Gasteiger partial charge on any atom is -0.376 e. The van der Waals surface area contributed by atoms with Crippen LogP contribution in [-0.2, 0) is 24.3 Å². The fraction of sp³-hybridized carbons (Fsp3) is 0.636. The van der Waals surface area contributed by atoms with Crippen LogP contribution in [0.5, 0.6) is 0 Å². The van der Waals surface area contributed by atoms with E-state index in [4.69, 9.17) is 4.74 Å². The second-order valence-corrected chi connectivity index (χ2v) is 10.4. The molecule has 0 unspecified atom stereocenters. The molecule has 1 saturated carbocycles. The zero-order chi connectivity index (χ0) is 23.1. The molecule has 0 aromatic heterocycles. The minimum atomic E-state index is -3.69. The average molecular weight is 470 g/mol. The molecule has 1 aliphatic carbocycles. The molecule has 3 N–H and O–H groups in total. The molecule has 2 amide bonds. The quantitative estimate of drug-likeness (QED) is 0.510. The van der Waals surface area contributed by atoms with E-state index < -0.39 is 21.9 Å². The number of carbonyl (C=O) groups excluding carboxylic acids is 2. The Kier molecular flexibility index (Phi) is 8.61. The summed E-state index contributed by atoms with van der Waals surface area (Å²) in [7, 11) is -3.69. The second kappa shape index (κ2) is 11.2. The molecular formula is C22H32FN3O5S. The molecule has 178 valence electrons. The Bertz CT molecular complexity index is 879. The Morgan fingerprint density at radius 3 is 2.41 bits per heavy atom. The number of hydrogen-bond donors (Lipinski definition) is 3. The topological polar surface area (TPSA) is 114 Å². The van der Waals surface area contributed by atoms with Crippen LogP contribution in [0.2, 0.25) is 0 Å². The number of nitrogens with one attached hydrogen (secondary N) is 3. The summed E-state index contributed by atoms with van der Waals surface area (Å²) in [6, 6.07) is 4.07. The summed E-state index contributed by atoms with van der Waals surface area (Å²) < 4.78 is 45.7. The fourth-order valence-corrected chi connectivity index (χ4v) is 5.24. The van der Waals surface area contributed by atoms with Gasteiger partial charge in [-0.05, 0) is 75.6 Å². The monoisotopic (exact) mass is 469 g/mol. The highest BCUT2D eigenvalue weighted by Crippen LogP contribution is 2.29. The number of carbonyl (C=O) groups is 2. The van der Waals surface area contributed by atoms with Gasteiger partial charge in [0.25, 0.3) is 0 Å². The van der Waals surface area contributed by atoms with E-state index >= 15 is 0 Å². The molecule has 0 spiro atoms. The highest BCUT2D eigenvalue weighted by Gasteiger charge is 2.29. The lowest BCUT2D eigenvalue weighted by atomic mass is 9.81. The molecule has 1 aromatic rings. The summed E-state index contributed by atoms with van der Waals surface area (Å²) in [6.45, 7) is 3.12. The predicted octanol–water partition coefficient (Wildman–Crippen LogP) is 1.71. The van der Waals surface area contributed by atoms with Crippen LogP contribution in [0, 0.1) is 17.7 Å². The van der Waals surface area contributed by atoms with Gasteiger partial charge in [0.05, 0.1) is 11.0 Å². The maximum Gasteiger partial charge on any atom is 0.242 e. The molecule has 2 atom stereocenters. The number of rotatable bonds is 9. The van der Waals surface area contributed by atoms with Crippen molar-refractivity contribution in [3.8, 4) is 0 Å². The summed E-state index contributed by atoms with van der Waals surface area (Å²) in [5.74, 6) is -0.919. The third kappa shape index (κ3) is 6.98. The Morgan fingerprint density at radius 2 is 1.78 bits per heavy atom. The van der Waals surface area contributed by atoms with Gasteiger partial charge in [0.15, 0.2) is 0 Å². The van der Waals surface area contributed by atoms with Crippen molar-refractivity contribution in [2.24, 2.45) is 11.8 Å². The molecule has 1 heterocycles. The third-order valence-corrected chi connectivity index (χ3v) is 7.62. The summed E-state index contributed by atoms with van der Waals surface area (Å²) in [4.78, 5) is 24.8. The first-order valence-corrected chi connectivity index (χ1v) is 12.7. The maximum absolute atomic E-state index is 13.0. The largest absolute Gasteiger partial charge is 0.376 e. The van der Waals surface area contributed by atoms with Crippen LogP contribution in [0.3, 0.4) is 0 Å². The second-order valence-electron chi connectivity index (χ2n) is 8.63. The lowest BCUT2D eigenvalue weighted by Gasteiger charge is -2.28. The van der Waals surface area contributed by atoms with Crippen molar-refractivity contribution in [3.63, 3.8) is 0 Å². The van der Waals surface area contributed by atoms with Crippen LogP contribution in [0.4, 0.5) is 4.39 Å². The van der Waals surface area contributed by atoms with Crippen LogP contribution >= 0.6 is 0 Å². The summed E-state index contributed by atoms with van der Waals surface area (Å²) >= 11 is 0. The zero-order valence-corrected chi connectivity index (χ0v) is 19.1. The van der Waals surface area contributed by atoms with E-state index in [2.05, 4.69) is 15.4 Å². The van der Waals surface area contributed by atoms with E-state index in [1.807, 2.05) is 0 Å². The normalized spacial score (nSPS) is 24.6. The van der Waals surface area contributed by atoms with Gasteiger partial charge >= 0.3 is 0 Å². The first-order valence-electron chi connectivity index (χ1n) is 11.2. The molecule has 1 saturated heterocycles. The first-order chi connectivity index (χ1) is 15.2. The molecule has 32 heavy (non-hydrogen) atoms. The summed E-state index contributed by atoms with van der Waals surface area (Å²) in [5, 5.41) is 5.61. The van der Waals surface area contributed by atoms with Gasteiger partial charge in [-0.3, -0.25) is 9.59 Å². The van der Waals surface area contributed by atoms with E-state index in [0.717, 1.165) is 31.6 Å². The lowest BCUT2D eigenvalue weighted by Crippen LogP contribution is -2.48. The first kappa shape index (κ1) is 24.6. The summed E-state index contributed by atoms with van der Waals surface area (Å²) in [6.07, 6.45) is 4.69.